The molecule has 1 fully saturated rings. The highest BCUT2D eigenvalue weighted by Gasteiger charge is 2.23. The van der Waals surface area contributed by atoms with Gasteiger partial charge in [0.2, 0.25) is 0 Å². The SMILES string of the molecule is COc1ccc(C(CNCc2ccccc2)N2CCCCC2)cc1OC. The van der Waals surface area contributed by atoms with E-state index in [-0.39, 0.29) is 0 Å². The van der Waals surface area contributed by atoms with E-state index in [0.717, 1.165) is 37.7 Å². The van der Waals surface area contributed by atoms with Crippen molar-refractivity contribution in [2.45, 2.75) is 31.8 Å². The number of nitrogens with one attached hydrogen (secondary N) is 1. The molecule has 0 amide bonds. The maximum absolute atomic E-state index is 5.52. The van der Waals surface area contributed by atoms with Gasteiger partial charge in [-0.2, -0.15) is 0 Å². The molecule has 0 saturated carbocycles. The quantitative estimate of drug-likeness (QED) is 0.776. The zero-order valence-electron chi connectivity index (χ0n) is 15.9. The van der Waals surface area contributed by atoms with E-state index in [9.17, 15) is 0 Å². The molecule has 1 saturated heterocycles. The van der Waals surface area contributed by atoms with Crippen LogP contribution in [-0.4, -0.2) is 38.8 Å². The number of hydrogen-bond donors (Lipinski definition) is 1. The van der Waals surface area contributed by atoms with Gasteiger partial charge in [0, 0.05) is 19.1 Å². The van der Waals surface area contributed by atoms with Gasteiger partial charge in [-0.15, -0.1) is 0 Å². The Hall–Kier alpha value is -2.04. The minimum Gasteiger partial charge on any atom is -0.493 e. The summed E-state index contributed by atoms with van der Waals surface area (Å²) in [5, 5.41) is 3.65. The molecule has 1 N–H and O–H groups in total. The van der Waals surface area contributed by atoms with Gasteiger partial charge in [0.15, 0.2) is 11.5 Å². The molecule has 3 rings (SSSR count). The molecule has 0 radical (unpaired) electrons. The van der Waals surface area contributed by atoms with Crippen molar-refractivity contribution in [2.24, 2.45) is 0 Å². The maximum atomic E-state index is 5.52. The van der Waals surface area contributed by atoms with Gasteiger partial charge in [-0.1, -0.05) is 42.8 Å². The van der Waals surface area contributed by atoms with E-state index < -0.39 is 0 Å². The van der Waals surface area contributed by atoms with Crippen LogP contribution in [0.15, 0.2) is 48.5 Å². The Morgan fingerprint density at radius 1 is 0.923 bits per heavy atom. The number of nitrogens with zero attached hydrogens (tertiary/aromatic N) is 1. The summed E-state index contributed by atoms with van der Waals surface area (Å²) >= 11 is 0. The van der Waals surface area contributed by atoms with E-state index in [0.29, 0.717) is 6.04 Å². The van der Waals surface area contributed by atoms with Crippen LogP contribution in [0.5, 0.6) is 11.5 Å². The van der Waals surface area contributed by atoms with E-state index in [1.165, 1.54) is 30.4 Å². The predicted molar refractivity (Wildman–Crippen MR) is 106 cm³/mol. The molecule has 0 bridgehead atoms. The van der Waals surface area contributed by atoms with E-state index in [4.69, 9.17) is 9.47 Å². The minimum absolute atomic E-state index is 0.346. The Morgan fingerprint density at radius 2 is 1.65 bits per heavy atom. The van der Waals surface area contributed by atoms with Crippen LogP contribution >= 0.6 is 0 Å². The average Bonchev–Trinajstić information content (AvgIpc) is 2.72. The Morgan fingerprint density at radius 3 is 2.35 bits per heavy atom. The first-order chi connectivity index (χ1) is 12.8. The number of rotatable bonds is 8. The molecular formula is C22H30N2O2. The molecule has 0 spiro atoms. The second kappa shape index (κ2) is 9.60. The first-order valence-corrected chi connectivity index (χ1v) is 9.52. The normalized spacial score (nSPS) is 16.2. The van der Waals surface area contributed by atoms with Crippen LogP contribution in [0.25, 0.3) is 0 Å². The van der Waals surface area contributed by atoms with Crippen molar-refractivity contribution in [3.05, 3.63) is 59.7 Å². The highest BCUT2D eigenvalue weighted by molar-refractivity contribution is 5.44. The van der Waals surface area contributed by atoms with Crippen LogP contribution in [0.4, 0.5) is 0 Å². The molecule has 1 heterocycles. The number of likely N-dealkylation sites (tertiary alicyclic amines) is 1. The highest BCUT2D eigenvalue weighted by Crippen LogP contribution is 2.32. The molecule has 1 atom stereocenters. The first kappa shape index (κ1) is 18.7. The van der Waals surface area contributed by atoms with Crippen LogP contribution in [-0.2, 0) is 6.54 Å². The van der Waals surface area contributed by atoms with E-state index in [1.54, 1.807) is 14.2 Å². The summed E-state index contributed by atoms with van der Waals surface area (Å²) in [5.41, 5.74) is 2.60. The molecule has 2 aromatic rings. The summed E-state index contributed by atoms with van der Waals surface area (Å²) in [5.74, 6) is 1.58. The van der Waals surface area contributed by atoms with E-state index in [1.807, 2.05) is 6.07 Å². The Balaban J connectivity index is 1.74. The van der Waals surface area contributed by atoms with Crippen LogP contribution in [0.2, 0.25) is 0 Å². The van der Waals surface area contributed by atoms with Crippen molar-refractivity contribution in [3.8, 4) is 11.5 Å². The van der Waals surface area contributed by atoms with Crippen LogP contribution in [0, 0.1) is 0 Å². The van der Waals surface area contributed by atoms with Gasteiger partial charge in [-0.25, -0.2) is 0 Å². The smallest absolute Gasteiger partial charge is 0.161 e. The second-order valence-electron chi connectivity index (χ2n) is 6.84. The molecule has 4 nitrogen and oxygen atoms in total. The molecule has 1 aliphatic rings. The minimum atomic E-state index is 0.346. The van der Waals surface area contributed by atoms with Gasteiger partial charge in [-0.3, -0.25) is 4.90 Å². The number of piperidine rings is 1. The lowest BCUT2D eigenvalue weighted by molar-refractivity contribution is 0.160. The summed E-state index contributed by atoms with van der Waals surface area (Å²) in [6.07, 6.45) is 3.90. The number of methoxy groups -OCH3 is 2. The Labute approximate surface area is 157 Å². The monoisotopic (exact) mass is 354 g/mol. The summed E-state index contributed by atoms with van der Waals surface area (Å²) < 4.78 is 10.9. The average molecular weight is 354 g/mol. The molecular weight excluding hydrogens is 324 g/mol. The highest BCUT2D eigenvalue weighted by atomic mass is 16.5. The molecule has 26 heavy (non-hydrogen) atoms. The molecule has 4 heteroatoms. The fourth-order valence-corrected chi connectivity index (χ4v) is 3.70. The van der Waals surface area contributed by atoms with Crippen LogP contribution < -0.4 is 14.8 Å². The molecule has 140 valence electrons. The number of benzene rings is 2. The third kappa shape index (κ3) is 4.77. The third-order valence-electron chi connectivity index (χ3n) is 5.13. The first-order valence-electron chi connectivity index (χ1n) is 9.52. The van der Waals surface area contributed by atoms with Gasteiger partial charge in [0.1, 0.15) is 0 Å². The predicted octanol–water partition coefficient (Wildman–Crippen LogP) is 4.02. The zero-order valence-corrected chi connectivity index (χ0v) is 15.9. The van der Waals surface area contributed by atoms with Crippen molar-refractivity contribution in [2.75, 3.05) is 33.9 Å². The van der Waals surface area contributed by atoms with Gasteiger partial charge < -0.3 is 14.8 Å². The van der Waals surface area contributed by atoms with Crippen molar-refractivity contribution >= 4 is 0 Å². The lowest BCUT2D eigenvalue weighted by Crippen LogP contribution is -2.39. The summed E-state index contributed by atoms with van der Waals surface area (Å²) in [6, 6.07) is 17.2. The topological polar surface area (TPSA) is 33.7 Å². The largest absolute Gasteiger partial charge is 0.493 e. The number of ether oxygens (including phenoxy) is 2. The number of hydrogen-bond acceptors (Lipinski definition) is 4. The van der Waals surface area contributed by atoms with Gasteiger partial charge in [0.05, 0.1) is 14.2 Å². The molecule has 0 aliphatic carbocycles. The van der Waals surface area contributed by atoms with Gasteiger partial charge in [-0.05, 0) is 49.2 Å². The summed E-state index contributed by atoms with van der Waals surface area (Å²) in [6.45, 7) is 4.13. The second-order valence-corrected chi connectivity index (χ2v) is 6.84. The van der Waals surface area contributed by atoms with E-state index in [2.05, 4.69) is 52.7 Å². The fraction of sp³-hybridized carbons (Fsp3) is 0.455. The van der Waals surface area contributed by atoms with E-state index >= 15 is 0 Å². The van der Waals surface area contributed by atoms with Crippen molar-refractivity contribution in [3.63, 3.8) is 0 Å². The molecule has 1 unspecified atom stereocenters. The lowest BCUT2D eigenvalue weighted by Gasteiger charge is -2.35. The molecule has 1 aliphatic heterocycles. The maximum Gasteiger partial charge on any atom is 0.161 e. The zero-order chi connectivity index (χ0) is 18.2. The Kier molecular flexibility index (Phi) is 6.92. The van der Waals surface area contributed by atoms with Crippen molar-refractivity contribution in [1.29, 1.82) is 0 Å². The van der Waals surface area contributed by atoms with Gasteiger partial charge >= 0.3 is 0 Å². The van der Waals surface area contributed by atoms with Gasteiger partial charge in [0.25, 0.3) is 0 Å². The summed E-state index contributed by atoms with van der Waals surface area (Å²) in [4.78, 5) is 2.60. The lowest BCUT2D eigenvalue weighted by atomic mass is 10.0. The summed E-state index contributed by atoms with van der Waals surface area (Å²) in [7, 11) is 3.38. The van der Waals surface area contributed by atoms with Crippen molar-refractivity contribution in [1.82, 2.24) is 10.2 Å². The Bertz CT molecular complexity index is 669. The molecule has 2 aromatic carbocycles. The standard InChI is InChI=1S/C22H30N2O2/c1-25-21-12-11-19(15-22(21)26-2)20(24-13-7-4-8-14-24)17-23-16-18-9-5-3-6-10-18/h3,5-6,9-12,15,20,23H,4,7-8,13-14,16-17H2,1-2H3. The van der Waals surface area contributed by atoms with Crippen LogP contribution in [0.1, 0.15) is 36.4 Å². The van der Waals surface area contributed by atoms with Crippen molar-refractivity contribution < 1.29 is 9.47 Å². The fourth-order valence-electron chi connectivity index (χ4n) is 3.70. The third-order valence-corrected chi connectivity index (χ3v) is 5.13. The van der Waals surface area contributed by atoms with Crippen LogP contribution in [0.3, 0.4) is 0 Å². The molecule has 0 aromatic heterocycles.